The van der Waals surface area contributed by atoms with Crippen LogP contribution in [-0.2, 0) is 0 Å². The van der Waals surface area contributed by atoms with Gasteiger partial charge in [-0.3, -0.25) is 0 Å². The maximum Gasteiger partial charge on any atom is 1.00 e. The Morgan fingerprint density at radius 3 is 1.60 bits per heavy atom. The summed E-state index contributed by atoms with van der Waals surface area (Å²) in [4.78, 5) is 0. The van der Waals surface area contributed by atoms with Gasteiger partial charge in [-0.25, -0.2) is 0 Å². The maximum atomic E-state index is 3.75. The predicted molar refractivity (Wildman–Crippen MR) is 18.1 cm³/mol. The summed E-state index contributed by atoms with van der Waals surface area (Å²) in [6, 6.07) is 0. The van der Waals surface area contributed by atoms with Crippen LogP contribution in [0.25, 0.3) is 0 Å². The molecule has 0 aromatic rings. The minimum Gasteiger partial charge on any atom is -0.340 e. The van der Waals surface area contributed by atoms with Gasteiger partial charge in [-0.05, 0) is 0 Å². The van der Waals surface area contributed by atoms with Crippen molar-refractivity contribution >= 4 is 0 Å². The fourth-order valence-corrected chi connectivity index (χ4v) is 0.118. The van der Waals surface area contributed by atoms with E-state index < -0.39 is 0 Å². The van der Waals surface area contributed by atoms with E-state index >= 15 is 0 Å². The van der Waals surface area contributed by atoms with Crippen molar-refractivity contribution in [3.05, 3.63) is 6.92 Å². The van der Waals surface area contributed by atoms with Crippen molar-refractivity contribution in [3.63, 3.8) is 0 Å². The van der Waals surface area contributed by atoms with Crippen molar-refractivity contribution < 1.29 is 29.6 Å². The first-order chi connectivity index (χ1) is 1.89. The van der Waals surface area contributed by atoms with Crippen LogP contribution in [0.1, 0.15) is 12.8 Å². The second-order valence-electron chi connectivity index (χ2n) is 1.44. The molecule has 1 aliphatic rings. The first-order valence-electron chi connectivity index (χ1n) is 1.72. The fraction of sp³-hybridized carbons (Fsp3) is 0.750. The van der Waals surface area contributed by atoms with Gasteiger partial charge in [0, 0.05) is 0 Å². The van der Waals surface area contributed by atoms with E-state index in [9.17, 15) is 0 Å². The van der Waals surface area contributed by atoms with Gasteiger partial charge in [0.25, 0.3) is 0 Å². The van der Waals surface area contributed by atoms with Gasteiger partial charge < -0.3 is 6.92 Å². The second-order valence-corrected chi connectivity index (χ2v) is 1.44. The van der Waals surface area contributed by atoms with E-state index in [0.717, 1.165) is 5.92 Å². The summed E-state index contributed by atoms with van der Waals surface area (Å²) in [5.41, 5.74) is 0. The topological polar surface area (TPSA) is 0 Å². The normalized spacial score (nSPS) is 21.0. The van der Waals surface area contributed by atoms with Crippen LogP contribution in [0.3, 0.4) is 0 Å². The third-order valence-electron chi connectivity index (χ3n) is 0.697. The van der Waals surface area contributed by atoms with Crippen LogP contribution < -0.4 is 29.6 Å². The Morgan fingerprint density at radius 1 is 1.40 bits per heavy atom. The van der Waals surface area contributed by atoms with E-state index in [1.165, 1.54) is 12.8 Å². The van der Waals surface area contributed by atoms with E-state index in [-0.39, 0.29) is 29.6 Å². The van der Waals surface area contributed by atoms with Gasteiger partial charge in [0.05, 0.1) is 0 Å². The third kappa shape index (κ3) is 2.81. The van der Waals surface area contributed by atoms with Crippen molar-refractivity contribution in [1.29, 1.82) is 0 Å². The Morgan fingerprint density at radius 2 is 1.60 bits per heavy atom. The fourth-order valence-electron chi connectivity index (χ4n) is 0.118. The maximum absolute atomic E-state index is 3.75. The molecule has 1 saturated carbocycles. The van der Waals surface area contributed by atoms with Crippen LogP contribution in [0.15, 0.2) is 0 Å². The Balaban J connectivity index is 0.000000160. The van der Waals surface area contributed by atoms with Crippen LogP contribution in [0.2, 0.25) is 0 Å². The molecular weight excluding hydrogens is 71.0 g/mol. The minimum atomic E-state index is 0. The van der Waals surface area contributed by atoms with Gasteiger partial charge in [0.1, 0.15) is 0 Å². The molecule has 0 nitrogen and oxygen atoms in total. The first-order valence-corrected chi connectivity index (χ1v) is 1.72. The molecule has 0 aromatic carbocycles. The molecule has 0 spiro atoms. The van der Waals surface area contributed by atoms with Crippen molar-refractivity contribution in [2.24, 2.45) is 5.92 Å². The Bertz CT molecular complexity index is 22.8. The van der Waals surface area contributed by atoms with Crippen molar-refractivity contribution in [2.75, 3.05) is 0 Å². The molecule has 0 aliphatic heterocycles. The van der Waals surface area contributed by atoms with Gasteiger partial charge in [-0.2, -0.15) is 5.92 Å². The third-order valence-corrected chi connectivity index (χ3v) is 0.697. The van der Waals surface area contributed by atoms with Gasteiger partial charge in [0.15, 0.2) is 0 Å². The van der Waals surface area contributed by atoms with Crippen LogP contribution in [0.4, 0.5) is 0 Å². The summed E-state index contributed by atoms with van der Waals surface area (Å²) in [6.07, 6.45) is 2.75. The summed E-state index contributed by atoms with van der Waals surface area (Å²) in [5.74, 6) is 0.833. The summed E-state index contributed by atoms with van der Waals surface area (Å²) in [7, 11) is 0. The van der Waals surface area contributed by atoms with Crippen molar-refractivity contribution in [2.45, 2.75) is 12.8 Å². The summed E-state index contributed by atoms with van der Waals surface area (Å²) >= 11 is 0. The summed E-state index contributed by atoms with van der Waals surface area (Å²) < 4.78 is 0. The van der Waals surface area contributed by atoms with E-state index in [1.807, 2.05) is 0 Å². The number of hydrogen-bond donors (Lipinski definition) is 0. The molecule has 1 fully saturated rings. The zero-order valence-electron chi connectivity index (χ0n) is 3.70. The Hall–Kier alpha value is 1.00. The van der Waals surface area contributed by atoms with Gasteiger partial charge in [0.2, 0.25) is 0 Å². The van der Waals surface area contributed by atoms with Gasteiger partial charge >= 0.3 is 29.6 Å². The summed E-state index contributed by atoms with van der Waals surface area (Å²) in [6.45, 7) is 3.75. The van der Waals surface area contributed by atoms with E-state index in [0.29, 0.717) is 0 Å². The molecule has 0 amide bonds. The smallest absolute Gasteiger partial charge is 0.340 e. The molecule has 24 valence electrons. The van der Waals surface area contributed by atoms with Crippen LogP contribution in [0.5, 0.6) is 0 Å². The van der Waals surface area contributed by atoms with Gasteiger partial charge in [-0.15, -0.1) is 0 Å². The van der Waals surface area contributed by atoms with Crippen molar-refractivity contribution in [3.8, 4) is 0 Å². The van der Waals surface area contributed by atoms with E-state index in [4.69, 9.17) is 0 Å². The van der Waals surface area contributed by atoms with E-state index in [1.54, 1.807) is 0 Å². The quantitative estimate of drug-likeness (QED) is 0.238. The Kier molecular flexibility index (Phi) is 2.67. The zero-order valence-corrected chi connectivity index (χ0v) is 5.70. The SMILES string of the molecule is [CH2-]C1CC1.[Na+]. The van der Waals surface area contributed by atoms with Crippen LogP contribution in [-0.4, -0.2) is 0 Å². The molecule has 1 heteroatoms. The minimum absolute atomic E-state index is 0. The largest absolute Gasteiger partial charge is 1.00 e. The Labute approximate surface area is 55.2 Å². The standard InChI is InChI=1S/C4H7.Na/c1-4-2-3-4;/h4H,1-3H2;/q-1;+1. The molecule has 0 saturated heterocycles. The molecule has 0 atom stereocenters. The molecule has 5 heavy (non-hydrogen) atoms. The summed E-state index contributed by atoms with van der Waals surface area (Å²) in [5, 5.41) is 0. The molecule has 0 aromatic heterocycles. The molecular formula is C4H7Na. The van der Waals surface area contributed by atoms with Gasteiger partial charge in [-0.1, -0.05) is 12.8 Å². The number of hydrogen-bond acceptors (Lipinski definition) is 0. The van der Waals surface area contributed by atoms with Crippen LogP contribution in [0, 0.1) is 12.8 Å². The molecule has 1 aliphatic carbocycles. The molecule has 0 radical (unpaired) electrons. The predicted octanol–water partition coefficient (Wildman–Crippen LogP) is -1.77. The first kappa shape index (κ1) is 6.00. The van der Waals surface area contributed by atoms with E-state index in [2.05, 4.69) is 6.92 Å². The average molecular weight is 78.1 g/mol. The zero-order chi connectivity index (χ0) is 2.99. The average Bonchev–Trinajstić information content (AvgIpc) is 1.75. The molecule has 1 rings (SSSR count). The second kappa shape index (κ2) is 2.22. The van der Waals surface area contributed by atoms with Crippen LogP contribution >= 0.6 is 0 Å². The molecule has 0 bridgehead atoms. The molecule has 0 N–H and O–H groups in total. The molecule has 0 unspecified atom stereocenters. The monoisotopic (exact) mass is 78.0 g/mol. The van der Waals surface area contributed by atoms with Crippen molar-refractivity contribution in [1.82, 2.24) is 0 Å². The number of rotatable bonds is 0. The molecule has 0 heterocycles.